The van der Waals surface area contributed by atoms with E-state index in [0.29, 0.717) is 12.8 Å². The Labute approximate surface area is 433 Å². The van der Waals surface area contributed by atoms with E-state index in [0.717, 1.165) is 77.0 Å². The van der Waals surface area contributed by atoms with Crippen molar-refractivity contribution in [2.24, 2.45) is 0 Å². The molecule has 72 heavy (non-hydrogen) atoms. The molecule has 0 spiro atoms. The lowest BCUT2D eigenvalue weighted by Crippen LogP contribution is -2.61. The molecule has 2 rings (SSSR count). The van der Waals surface area contributed by atoms with Crippen LogP contribution in [0.1, 0.15) is 206 Å². The molecule has 2 fully saturated rings. The van der Waals surface area contributed by atoms with E-state index in [1.807, 2.05) is 0 Å². The van der Waals surface area contributed by atoms with Crippen molar-refractivity contribution in [3.05, 3.63) is 48.6 Å². The van der Waals surface area contributed by atoms with E-state index in [1.54, 1.807) is 0 Å². The summed E-state index contributed by atoms with van der Waals surface area (Å²) in [5.74, 6) is -0.924. The molecule has 7 N–H and O–H groups in total. The van der Waals surface area contributed by atoms with Crippen molar-refractivity contribution < 1.29 is 73.8 Å². The molecule has 0 aromatic carbocycles. The zero-order chi connectivity index (χ0) is 52.4. The van der Waals surface area contributed by atoms with Crippen LogP contribution in [0.25, 0.3) is 0 Å². The molecule has 2 aliphatic heterocycles. The lowest BCUT2D eigenvalue weighted by molar-refractivity contribution is -0.332. The van der Waals surface area contributed by atoms with Gasteiger partial charge in [-0.05, 0) is 51.4 Å². The van der Waals surface area contributed by atoms with E-state index in [4.69, 9.17) is 28.4 Å². The Morgan fingerprint density at radius 1 is 0.458 bits per heavy atom. The van der Waals surface area contributed by atoms with Crippen molar-refractivity contribution in [2.45, 2.75) is 274 Å². The minimum atomic E-state index is -1.77. The van der Waals surface area contributed by atoms with Crippen LogP contribution in [0.4, 0.5) is 0 Å². The van der Waals surface area contributed by atoms with Gasteiger partial charge in [-0.1, -0.05) is 191 Å². The molecular formula is C57H100O15. The number of esters is 2. The number of carbonyl (C=O) groups is 2. The third-order valence-electron chi connectivity index (χ3n) is 13.3. The van der Waals surface area contributed by atoms with Gasteiger partial charge in [-0.25, -0.2) is 0 Å². The summed E-state index contributed by atoms with van der Waals surface area (Å²) in [5, 5.41) is 72.2. The average Bonchev–Trinajstić information content (AvgIpc) is 3.37. The molecule has 2 aliphatic rings. The van der Waals surface area contributed by atoms with Crippen LogP contribution in [0, 0.1) is 0 Å². The maximum Gasteiger partial charge on any atom is 0.306 e. The number of allylic oxidation sites excluding steroid dienone is 8. The summed E-state index contributed by atoms with van der Waals surface area (Å²) >= 11 is 0. The van der Waals surface area contributed by atoms with Crippen LogP contribution in [0.5, 0.6) is 0 Å². The first-order valence-electron chi connectivity index (χ1n) is 28.2. The summed E-state index contributed by atoms with van der Waals surface area (Å²) in [6.07, 6.45) is 32.7. The number of aliphatic hydroxyl groups excluding tert-OH is 7. The third-order valence-corrected chi connectivity index (χ3v) is 13.3. The molecule has 0 amide bonds. The van der Waals surface area contributed by atoms with Gasteiger partial charge in [0, 0.05) is 12.8 Å². The molecule has 0 bridgehead atoms. The third kappa shape index (κ3) is 30.7. The van der Waals surface area contributed by atoms with Gasteiger partial charge in [0.25, 0.3) is 0 Å². The van der Waals surface area contributed by atoms with Crippen LogP contribution < -0.4 is 0 Å². The quantitative estimate of drug-likeness (QED) is 0.0171. The number of unbranched alkanes of at least 4 members (excludes halogenated alkanes) is 22. The van der Waals surface area contributed by atoms with Gasteiger partial charge in [0.2, 0.25) is 0 Å². The zero-order valence-electron chi connectivity index (χ0n) is 44.4. The molecule has 0 aliphatic carbocycles. The van der Waals surface area contributed by atoms with E-state index >= 15 is 0 Å². The Balaban J connectivity index is 1.75. The summed E-state index contributed by atoms with van der Waals surface area (Å²) in [7, 11) is 0. The van der Waals surface area contributed by atoms with Crippen LogP contribution in [0.3, 0.4) is 0 Å². The highest BCUT2D eigenvalue weighted by molar-refractivity contribution is 5.70. The number of rotatable bonds is 44. The smallest absolute Gasteiger partial charge is 0.306 e. The predicted molar refractivity (Wildman–Crippen MR) is 280 cm³/mol. The van der Waals surface area contributed by atoms with Crippen LogP contribution in [-0.4, -0.2) is 142 Å². The van der Waals surface area contributed by atoms with E-state index in [2.05, 4.69) is 62.5 Å². The molecule has 0 aromatic heterocycles. The van der Waals surface area contributed by atoms with E-state index in [9.17, 15) is 45.3 Å². The van der Waals surface area contributed by atoms with Crippen molar-refractivity contribution >= 4 is 11.9 Å². The van der Waals surface area contributed by atoms with Crippen molar-refractivity contribution in [2.75, 3.05) is 26.4 Å². The summed E-state index contributed by atoms with van der Waals surface area (Å²) in [6, 6.07) is 0. The second kappa shape index (κ2) is 43.7. The molecule has 0 radical (unpaired) electrons. The van der Waals surface area contributed by atoms with E-state index in [-0.39, 0.29) is 26.1 Å². The van der Waals surface area contributed by atoms with Crippen molar-refractivity contribution in [1.29, 1.82) is 0 Å². The molecule has 2 heterocycles. The van der Waals surface area contributed by atoms with Gasteiger partial charge >= 0.3 is 11.9 Å². The summed E-state index contributed by atoms with van der Waals surface area (Å²) in [5.41, 5.74) is 0. The topological polar surface area (TPSA) is 231 Å². The van der Waals surface area contributed by atoms with Gasteiger partial charge in [0.05, 0.1) is 19.8 Å². The summed E-state index contributed by atoms with van der Waals surface area (Å²) in [6.45, 7) is 2.49. The second-order valence-corrected chi connectivity index (χ2v) is 19.7. The van der Waals surface area contributed by atoms with Crippen molar-refractivity contribution in [3.63, 3.8) is 0 Å². The highest BCUT2D eigenvalue weighted by Gasteiger charge is 2.47. The van der Waals surface area contributed by atoms with E-state index in [1.165, 1.54) is 89.9 Å². The van der Waals surface area contributed by atoms with Gasteiger partial charge in [-0.15, -0.1) is 0 Å². The molecular weight excluding hydrogens is 925 g/mol. The maximum atomic E-state index is 13.1. The predicted octanol–water partition coefficient (Wildman–Crippen LogP) is 9.05. The first-order valence-corrected chi connectivity index (χ1v) is 28.2. The minimum Gasteiger partial charge on any atom is -0.462 e. The maximum absolute atomic E-state index is 13.1. The Kier molecular flexibility index (Phi) is 39.8. The van der Waals surface area contributed by atoms with Crippen molar-refractivity contribution in [1.82, 2.24) is 0 Å². The van der Waals surface area contributed by atoms with Gasteiger partial charge in [-0.3, -0.25) is 9.59 Å². The van der Waals surface area contributed by atoms with Gasteiger partial charge in [-0.2, -0.15) is 0 Å². The molecule has 418 valence electrons. The molecule has 15 nitrogen and oxygen atoms in total. The number of ether oxygens (including phenoxy) is 6. The Bertz CT molecular complexity index is 1440. The first-order chi connectivity index (χ1) is 35.0. The highest BCUT2D eigenvalue weighted by Crippen LogP contribution is 2.27. The first kappa shape index (κ1) is 65.6. The molecule has 0 saturated carbocycles. The molecule has 15 heteroatoms. The number of hydrogen-bond acceptors (Lipinski definition) is 15. The van der Waals surface area contributed by atoms with Gasteiger partial charge in [0.15, 0.2) is 18.7 Å². The molecule has 11 atom stereocenters. The van der Waals surface area contributed by atoms with Crippen LogP contribution in [0.15, 0.2) is 48.6 Å². The number of hydrogen-bond donors (Lipinski definition) is 7. The van der Waals surface area contributed by atoms with E-state index < -0.39 is 92.7 Å². The molecule has 0 aromatic rings. The standard InChI is InChI=1S/C57H100O15/c1-3-5-7-9-11-13-15-17-18-19-20-21-22-23-24-25-26-28-30-32-34-36-38-40-49(60)70-45(42-67-48(59)39-37-35-33-31-29-27-16-14-12-10-8-6-4-2)43-68-56-55(66)53(64)51(62)47(72-56)44-69-57-54(65)52(63)50(61)46(41-58)71-57/h5,7,11,13,17-18,20-21,45-47,50-58,61-66H,3-4,6,8-10,12,14-16,19,22-44H2,1-2H3/b7-5-,13-11-,18-17-,21-20-. The van der Waals surface area contributed by atoms with Gasteiger partial charge < -0.3 is 64.2 Å². The molecule has 11 unspecified atom stereocenters. The Hall–Kier alpha value is -2.54. The van der Waals surface area contributed by atoms with Crippen LogP contribution in [0.2, 0.25) is 0 Å². The fourth-order valence-electron chi connectivity index (χ4n) is 8.74. The summed E-state index contributed by atoms with van der Waals surface area (Å²) in [4.78, 5) is 25.8. The minimum absolute atomic E-state index is 0.160. The normalized spacial score (nSPS) is 25.3. The van der Waals surface area contributed by atoms with Crippen molar-refractivity contribution in [3.8, 4) is 0 Å². The molecule has 2 saturated heterocycles. The number of carbonyl (C=O) groups excluding carboxylic acids is 2. The van der Waals surface area contributed by atoms with Crippen LogP contribution in [-0.2, 0) is 38.0 Å². The lowest BCUT2D eigenvalue weighted by atomic mass is 9.98. The zero-order valence-corrected chi connectivity index (χ0v) is 44.4. The fraction of sp³-hybridized carbons (Fsp3) is 0.825. The average molecular weight is 1030 g/mol. The fourth-order valence-corrected chi connectivity index (χ4v) is 8.74. The van der Waals surface area contributed by atoms with Gasteiger partial charge in [0.1, 0.15) is 55.4 Å². The Morgan fingerprint density at radius 2 is 0.875 bits per heavy atom. The Morgan fingerprint density at radius 3 is 1.38 bits per heavy atom. The van der Waals surface area contributed by atoms with Crippen LogP contribution >= 0.6 is 0 Å². The monoisotopic (exact) mass is 1020 g/mol. The largest absolute Gasteiger partial charge is 0.462 e. The number of aliphatic hydroxyl groups is 7. The SMILES string of the molecule is CC/C=C\C/C=C\C/C=C\C/C=C\CCCCCCCCCCCCC(=O)OC(COC(=O)CCCCCCCCCCCCCCC)COC1OC(COC2OC(CO)C(O)C(O)C2O)C(O)C(O)C1O. The highest BCUT2D eigenvalue weighted by atomic mass is 16.7. The summed E-state index contributed by atoms with van der Waals surface area (Å²) < 4.78 is 33.7. The second-order valence-electron chi connectivity index (χ2n) is 19.7. The lowest BCUT2D eigenvalue weighted by Gasteiger charge is -2.42.